The van der Waals surface area contributed by atoms with E-state index in [1.165, 1.54) is 5.56 Å². The van der Waals surface area contributed by atoms with Crippen LogP contribution in [0.1, 0.15) is 18.9 Å². The van der Waals surface area contributed by atoms with Crippen LogP contribution in [0.3, 0.4) is 0 Å². The first-order valence-corrected chi connectivity index (χ1v) is 5.15. The van der Waals surface area contributed by atoms with Gasteiger partial charge in [0.25, 0.3) is 0 Å². The van der Waals surface area contributed by atoms with Gasteiger partial charge in [0.05, 0.1) is 0 Å². The second-order valence-corrected chi connectivity index (χ2v) is 3.47. The molecule has 1 aromatic heterocycles. The number of nitrogens with zero attached hydrogens (tertiary/aromatic N) is 2. The fourth-order valence-electron chi connectivity index (χ4n) is 1.41. The zero-order chi connectivity index (χ0) is 10.4. The van der Waals surface area contributed by atoms with E-state index in [4.69, 9.17) is 5.73 Å². The zero-order valence-electron chi connectivity index (χ0n) is 9.03. The Morgan fingerprint density at radius 1 is 1.36 bits per heavy atom. The third-order valence-corrected chi connectivity index (χ3v) is 2.11. The summed E-state index contributed by atoms with van der Waals surface area (Å²) in [6, 6.07) is 4.14. The molecule has 0 atom stereocenters. The van der Waals surface area contributed by atoms with Crippen LogP contribution in [0.5, 0.6) is 0 Å². The van der Waals surface area contributed by atoms with Gasteiger partial charge in [-0.25, -0.2) is 4.98 Å². The third kappa shape index (κ3) is 3.00. The monoisotopic (exact) mass is 193 g/mol. The molecule has 0 aliphatic heterocycles. The fourth-order valence-corrected chi connectivity index (χ4v) is 1.41. The lowest BCUT2D eigenvalue weighted by atomic mass is 10.3. The Morgan fingerprint density at radius 3 is 2.64 bits per heavy atom. The standard InChI is InChI=1S/C11H19N3/c1-3-7-14(8-6-12)11-5-4-10(2)9-13-11/h4-5,9H,3,6-8,12H2,1-2H3. The van der Waals surface area contributed by atoms with Crippen molar-refractivity contribution in [3.63, 3.8) is 0 Å². The molecule has 1 rings (SSSR count). The van der Waals surface area contributed by atoms with Crippen molar-refractivity contribution >= 4 is 5.82 Å². The molecule has 0 aromatic carbocycles. The molecule has 3 nitrogen and oxygen atoms in total. The van der Waals surface area contributed by atoms with Crippen LogP contribution in [-0.2, 0) is 0 Å². The molecule has 0 spiro atoms. The molecule has 0 aliphatic carbocycles. The summed E-state index contributed by atoms with van der Waals surface area (Å²) in [5.41, 5.74) is 6.75. The van der Waals surface area contributed by atoms with E-state index in [0.717, 1.165) is 25.3 Å². The van der Waals surface area contributed by atoms with Gasteiger partial charge in [0, 0.05) is 25.8 Å². The lowest BCUT2D eigenvalue weighted by Gasteiger charge is -2.22. The van der Waals surface area contributed by atoms with Crippen LogP contribution in [0.25, 0.3) is 0 Å². The van der Waals surface area contributed by atoms with Crippen LogP contribution < -0.4 is 10.6 Å². The molecule has 0 radical (unpaired) electrons. The molecule has 0 fully saturated rings. The molecule has 1 heterocycles. The van der Waals surface area contributed by atoms with Crippen LogP contribution in [0.15, 0.2) is 18.3 Å². The van der Waals surface area contributed by atoms with Gasteiger partial charge in [0.1, 0.15) is 5.82 Å². The summed E-state index contributed by atoms with van der Waals surface area (Å²) in [4.78, 5) is 6.61. The van der Waals surface area contributed by atoms with E-state index in [-0.39, 0.29) is 0 Å². The van der Waals surface area contributed by atoms with Gasteiger partial charge >= 0.3 is 0 Å². The first kappa shape index (κ1) is 11.0. The molecule has 1 aromatic rings. The first-order valence-electron chi connectivity index (χ1n) is 5.15. The number of rotatable bonds is 5. The van der Waals surface area contributed by atoms with E-state index in [9.17, 15) is 0 Å². The van der Waals surface area contributed by atoms with Gasteiger partial charge in [-0.05, 0) is 25.0 Å². The minimum Gasteiger partial charge on any atom is -0.355 e. The van der Waals surface area contributed by atoms with Gasteiger partial charge in [-0.2, -0.15) is 0 Å². The van der Waals surface area contributed by atoms with Crippen molar-refractivity contribution in [2.24, 2.45) is 5.73 Å². The zero-order valence-corrected chi connectivity index (χ0v) is 9.03. The van der Waals surface area contributed by atoms with Gasteiger partial charge < -0.3 is 10.6 Å². The molecule has 14 heavy (non-hydrogen) atoms. The lowest BCUT2D eigenvalue weighted by Crippen LogP contribution is -2.30. The smallest absolute Gasteiger partial charge is 0.128 e. The summed E-state index contributed by atoms with van der Waals surface area (Å²) < 4.78 is 0. The molecule has 0 unspecified atom stereocenters. The molecule has 0 saturated carbocycles. The van der Waals surface area contributed by atoms with Crippen LogP contribution in [0, 0.1) is 6.92 Å². The Kier molecular flexibility index (Phi) is 4.40. The average molecular weight is 193 g/mol. The Morgan fingerprint density at radius 2 is 2.14 bits per heavy atom. The molecule has 0 aliphatic rings. The first-order chi connectivity index (χ1) is 6.77. The van der Waals surface area contributed by atoms with Crippen molar-refractivity contribution in [1.29, 1.82) is 0 Å². The Hall–Kier alpha value is -1.09. The van der Waals surface area contributed by atoms with Crippen molar-refractivity contribution in [2.75, 3.05) is 24.5 Å². The highest BCUT2D eigenvalue weighted by molar-refractivity contribution is 5.38. The topological polar surface area (TPSA) is 42.1 Å². The van der Waals surface area contributed by atoms with E-state index >= 15 is 0 Å². The molecule has 0 bridgehead atoms. The average Bonchev–Trinajstić information content (AvgIpc) is 2.19. The number of anilines is 1. The maximum atomic E-state index is 5.56. The van der Waals surface area contributed by atoms with Crippen LogP contribution in [0.2, 0.25) is 0 Å². The minimum atomic E-state index is 0.676. The second kappa shape index (κ2) is 5.60. The normalized spacial score (nSPS) is 10.2. The third-order valence-electron chi connectivity index (χ3n) is 2.11. The summed E-state index contributed by atoms with van der Waals surface area (Å²) in [7, 11) is 0. The highest BCUT2D eigenvalue weighted by Crippen LogP contribution is 2.10. The number of aryl methyl sites for hydroxylation is 1. The molecule has 2 N–H and O–H groups in total. The fraction of sp³-hybridized carbons (Fsp3) is 0.545. The maximum absolute atomic E-state index is 5.56. The van der Waals surface area contributed by atoms with Crippen LogP contribution in [-0.4, -0.2) is 24.6 Å². The number of pyridine rings is 1. The summed E-state index contributed by atoms with van der Waals surface area (Å²) in [5.74, 6) is 1.03. The van der Waals surface area contributed by atoms with Crippen molar-refractivity contribution in [3.05, 3.63) is 23.9 Å². The van der Waals surface area contributed by atoms with E-state index in [1.807, 2.05) is 13.1 Å². The van der Waals surface area contributed by atoms with Crippen molar-refractivity contribution in [2.45, 2.75) is 20.3 Å². The molecule has 0 saturated heterocycles. The summed E-state index contributed by atoms with van der Waals surface area (Å²) in [6.45, 7) is 6.79. The van der Waals surface area contributed by atoms with E-state index < -0.39 is 0 Å². The summed E-state index contributed by atoms with van der Waals surface area (Å²) in [5, 5.41) is 0. The van der Waals surface area contributed by atoms with E-state index in [0.29, 0.717) is 6.54 Å². The number of aromatic nitrogens is 1. The predicted octanol–water partition coefficient (Wildman–Crippen LogP) is 1.57. The van der Waals surface area contributed by atoms with Crippen molar-refractivity contribution in [1.82, 2.24) is 4.98 Å². The number of nitrogens with two attached hydrogens (primary N) is 1. The van der Waals surface area contributed by atoms with Crippen LogP contribution in [0.4, 0.5) is 5.82 Å². The van der Waals surface area contributed by atoms with Gasteiger partial charge in [-0.1, -0.05) is 13.0 Å². The SMILES string of the molecule is CCCN(CCN)c1ccc(C)cn1. The quantitative estimate of drug-likeness (QED) is 0.771. The Bertz CT molecular complexity index is 250. The van der Waals surface area contributed by atoms with E-state index in [2.05, 4.69) is 28.9 Å². The van der Waals surface area contributed by atoms with Gasteiger partial charge in [-0.3, -0.25) is 0 Å². The second-order valence-electron chi connectivity index (χ2n) is 3.47. The minimum absolute atomic E-state index is 0.676. The Labute approximate surface area is 85.9 Å². The van der Waals surface area contributed by atoms with Gasteiger partial charge in [0.2, 0.25) is 0 Å². The Balaban J connectivity index is 2.71. The highest BCUT2D eigenvalue weighted by atomic mass is 15.2. The summed E-state index contributed by atoms with van der Waals surface area (Å²) >= 11 is 0. The summed E-state index contributed by atoms with van der Waals surface area (Å²) in [6.07, 6.45) is 3.02. The van der Waals surface area contributed by atoms with E-state index in [1.54, 1.807) is 0 Å². The van der Waals surface area contributed by atoms with Crippen molar-refractivity contribution in [3.8, 4) is 0 Å². The van der Waals surface area contributed by atoms with Crippen LogP contribution >= 0.6 is 0 Å². The molecule has 0 amide bonds. The van der Waals surface area contributed by atoms with Gasteiger partial charge in [0.15, 0.2) is 0 Å². The number of hydrogen-bond donors (Lipinski definition) is 1. The molecular weight excluding hydrogens is 174 g/mol. The molecule has 3 heteroatoms. The number of hydrogen-bond acceptors (Lipinski definition) is 3. The highest BCUT2D eigenvalue weighted by Gasteiger charge is 2.04. The molecule has 78 valence electrons. The van der Waals surface area contributed by atoms with Gasteiger partial charge in [-0.15, -0.1) is 0 Å². The molecular formula is C11H19N3. The largest absolute Gasteiger partial charge is 0.355 e. The maximum Gasteiger partial charge on any atom is 0.128 e. The lowest BCUT2D eigenvalue weighted by molar-refractivity contribution is 0.751. The van der Waals surface area contributed by atoms with Crippen molar-refractivity contribution < 1.29 is 0 Å². The predicted molar refractivity (Wildman–Crippen MR) is 60.5 cm³/mol.